The fourth-order valence-electron chi connectivity index (χ4n) is 2.70. The molecule has 1 aromatic rings. The molecule has 2 rings (SSSR count). The predicted molar refractivity (Wildman–Crippen MR) is 77.2 cm³/mol. The molecule has 1 heterocycles. The summed E-state index contributed by atoms with van der Waals surface area (Å²) in [6.45, 7) is 0.907. The Kier molecular flexibility index (Phi) is 6.05. The molecule has 1 aliphatic rings. The first-order valence-electron chi connectivity index (χ1n) is 7.52. The number of ether oxygens (including phenoxy) is 2. The van der Waals surface area contributed by atoms with Crippen LogP contribution in [-0.2, 0) is 4.74 Å². The van der Waals surface area contributed by atoms with Gasteiger partial charge in [-0.15, -0.1) is 0 Å². The van der Waals surface area contributed by atoms with Gasteiger partial charge in [0.15, 0.2) is 0 Å². The fraction of sp³-hybridized carbons (Fsp3) is 0.733. The molecule has 0 amide bonds. The number of methoxy groups -OCH3 is 1. The summed E-state index contributed by atoms with van der Waals surface area (Å²) in [5.74, 6) is 0.383. The molecule has 5 nitrogen and oxygen atoms in total. The van der Waals surface area contributed by atoms with Crippen molar-refractivity contribution in [2.45, 2.75) is 51.0 Å². The van der Waals surface area contributed by atoms with E-state index in [1.54, 1.807) is 17.7 Å². The molecule has 0 spiro atoms. The second-order valence-corrected chi connectivity index (χ2v) is 5.30. The summed E-state index contributed by atoms with van der Waals surface area (Å²) in [5, 5.41) is 0. The summed E-state index contributed by atoms with van der Waals surface area (Å²) >= 11 is 0. The van der Waals surface area contributed by atoms with E-state index in [1.807, 2.05) is 6.20 Å². The van der Waals surface area contributed by atoms with Crippen molar-refractivity contribution in [3.8, 4) is 5.88 Å². The van der Waals surface area contributed by atoms with Gasteiger partial charge in [0.25, 0.3) is 0 Å². The lowest BCUT2D eigenvalue weighted by Crippen LogP contribution is -2.27. The van der Waals surface area contributed by atoms with Crippen LogP contribution < -0.4 is 10.4 Å². The lowest BCUT2D eigenvalue weighted by atomic mass is 9.96. The SMILES string of the molecule is COCCOc1ccn(C2CCCCCCC2)c(=O)n1. The zero-order chi connectivity index (χ0) is 14.2. The molecule has 0 N–H and O–H groups in total. The van der Waals surface area contributed by atoms with Crippen LogP contribution in [0.15, 0.2) is 17.1 Å². The monoisotopic (exact) mass is 280 g/mol. The predicted octanol–water partition coefficient (Wildman–Crippen LogP) is 2.55. The molecule has 1 fully saturated rings. The normalized spacial score (nSPS) is 17.4. The number of nitrogens with zero attached hydrogens (tertiary/aromatic N) is 2. The van der Waals surface area contributed by atoms with Crippen LogP contribution in [0.4, 0.5) is 0 Å². The minimum absolute atomic E-state index is 0.203. The Hall–Kier alpha value is -1.36. The maximum atomic E-state index is 12.1. The molecule has 112 valence electrons. The van der Waals surface area contributed by atoms with Gasteiger partial charge in [-0.1, -0.05) is 32.1 Å². The Labute approximate surface area is 119 Å². The molecule has 20 heavy (non-hydrogen) atoms. The summed E-state index contributed by atoms with van der Waals surface area (Å²) in [5.41, 5.74) is -0.203. The molecule has 1 saturated carbocycles. The quantitative estimate of drug-likeness (QED) is 0.778. The summed E-state index contributed by atoms with van der Waals surface area (Å²) < 4.78 is 12.0. The van der Waals surface area contributed by atoms with Crippen LogP contribution in [0.2, 0.25) is 0 Å². The van der Waals surface area contributed by atoms with Crippen LogP contribution >= 0.6 is 0 Å². The van der Waals surface area contributed by atoms with Gasteiger partial charge in [0.1, 0.15) is 6.61 Å². The first-order valence-corrected chi connectivity index (χ1v) is 7.52. The minimum Gasteiger partial charge on any atom is -0.475 e. The molecule has 0 atom stereocenters. The first kappa shape index (κ1) is 15.0. The Bertz CT molecular complexity index is 451. The van der Waals surface area contributed by atoms with E-state index >= 15 is 0 Å². The van der Waals surface area contributed by atoms with Gasteiger partial charge in [-0.25, -0.2) is 4.79 Å². The van der Waals surface area contributed by atoms with Crippen LogP contribution in [-0.4, -0.2) is 29.9 Å². The molecule has 0 aliphatic heterocycles. The van der Waals surface area contributed by atoms with E-state index in [1.165, 1.54) is 32.1 Å². The highest BCUT2D eigenvalue weighted by Gasteiger charge is 2.15. The zero-order valence-electron chi connectivity index (χ0n) is 12.2. The third-order valence-electron chi connectivity index (χ3n) is 3.81. The highest BCUT2D eigenvalue weighted by Crippen LogP contribution is 2.25. The van der Waals surface area contributed by atoms with Crippen molar-refractivity contribution in [2.24, 2.45) is 0 Å². The molecular weight excluding hydrogens is 256 g/mol. The highest BCUT2D eigenvalue weighted by atomic mass is 16.5. The molecule has 5 heteroatoms. The zero-order valence-corrected chi connectivity index (χ0v) is 12.2. The Morgan fingerprint density at radius 1 is 1.20 bits per heavy atom. The van der Waals surface area contributed by atoms with Crippen molar-refractivity contribution >= 4 is 0 Å². The number of hydrogen-bond acceptors (Lipinski definition) is 4. The van der Waals surface area contributed by atoms with Crippen LogP contribution in [0, 0.1) is 0 Å². The van der Waals surface area contributed by atoms with Gasteiger partial charge in [0.2, 0.25) is 5.88 Å². The van der Waals surface area contributed by atoms with Gasteiger partial charge < -0.3 is 9.47 Å². The van der Waals surface area contributed by atoms with Gasteiger partial charge in [0, 0.05) is 25.4 Å². The van der Waals surface area contributed by atoms with Crippen LogP contribution in [0.25, 0.3) is 0 Å². The molecule has 1 aliphatic carbocycles. The summed E-state index contributed by atoms with van der Waals surface area (Å²) in [6.07, 6.45) is 10.2. The molecule has 0 radical (unpaired) electrons. The molecule has 0 aromatic carbocycles. The van der Waals surface area contributed by atoms with Gasteiger partial charge in [0.05, 0.1) is 6.61 Å². The van der Waals surface area contributed by atoms with Crippen molar-refractivity contribution in [1.82, 2.24) is 9.55 Å². The minimum atomic E-state index is -0.203. The number of rotatable bonds is 5. The topological polar surface area (TPSA) is 53.4 Å². The van der Waals surface area contributed by atoms with E-state index in [9.17, 15) is 4.79 Å². The highest BCUT2D eigenvalue weighted by molar-refractivity contribution is 5.06. The van der Waals surface area contributed by atoms with Crippen molar-refractivity contribution < 1.29 is 9.47 Å². The fourth-order valence-corrected chi connectivity index (χ4v) is 2.70. The maximum absolute atomic E-state index is 12.1. The van der Waals surface area contributed by atoms with E-state index in [4.69, 9.17) is 9.47 Å². The summed E-state index contributed by atoms with van der Waals surface area (Å²) in [6, 6.07) is 2.07. The van der Waals surface area contributed by atoms with Gasteiger partial charge in [-0.2, -0.15) is 4.98 Å². The van der Waals surface area contributed by atoms with Crippen LogP contribution in [0.1, 0.15) is 51.0 Å². The Morgan fingerprint density at radius 2 is 1.90 bits per heavy atom. The van der Waals surface area contributed by atoms with Gasteiger partial charge in [-0.05, 0) is 12.8 Å². The number of hydrogen-bond donors (Lipinski definition) is 0. The Balaban J connectivity index is 2.02. The van der Waals surface area contributed by atoms with E-state index in [0.29, 0.717) is 25.1 Å². The Morgan fingerprint density at radius 3 is 2.55 bits per heavy atom. The standard InChI is InChI=1S/C15H24N2O3/c1-19-11-12-20-14-9-10-17(15(18)16-14)13-7-5-3-2-4-6-8-13/h9-10,13H,2-8,11-12H2,1H3. The van der Waals surface area contributed by atoms with Crippen molar-refractivity contribution in [3.05, 3.63) is 22.7 Å². The maximum Gasteiger partial charge on any atom is 0.351 e. The van der Waals surface area contributed by atoms with Crippen LogP contribution in [0.3, 0.4) is 0 Å². The summed E-state index contributed by atoms with van der Waals surface area (Å²) in [7, 11) is 1.61. The average molecular weight is 280 g/mol. The van der Waals surface area contributed by atoms with Gasteiger partial charge >= 0.3 is 5.69 Å². The summed E-state index contributed by atoms with van der Waals surface area (Å²) in [4.78, 5) is 16.1. The lowest BCUT2D eigenvalue weighted by Gasteiger charge is -2.21. The first-order chi connectivity index (χ1) is 9.81. The van der Waals surface area contributed by atoms with E-state index in [2.05, 4.69) is 4.98 Å². The molecule has 0 saturated heterocycles. The molecular formula is C15H24N2O3. The van der Waals surface area contributed by atoms with E-state index in [-0.39, 0.29) is 5.69 Å². The molecule has 0 bridgehead atoms. The number of aromatic nitrogens is 2. The van der Waals surface area contributed by atoms with Gasteiger partial charge in [-0.3, -0.25) is 4.57 Å². The third kappa shape index (κ3) is 4.34. The molecule has 1 aromatic heterocycles. The van der Waals surface area contributed by atoms with E-state index < -0.39 is 0 Å². The van der Waals surface area contributed by atoms with Crippen molar-refractivity contribution in [1.29, 1.82) is 0 Å². The third-order valence-corrected chi connectivity index (χ3v) is 3.81. The van der Waals surface area contributed by atoms with E-state index in [0.717, 1.165) is 12.8 Å². The smallest absolute Gasteiger partial charge is 0.351 e. The van der Waals surface area contributed by atoms with Crippen molar-refractivity contribution in [2.75, 3.05) is 20.3 Å². The second-order valence-electron chi connectivity index (χ2n) is 5.30. The average Bonchev–Trinajstić information content (AvgIpc) is 2.40. The largest absolute Gasteiger partial charge is 0.475 e. The lowest BCUT2D eigenvalue weighted by molar-refractivity contribution is 0.143. The van der Waals surface area contributed by atoms with Crippen molar-refractivity contribution in [3.63, 3.8) is 0 Å². The van der Waals surface area contributed by atoms with Crippen LogP contribution in [0.5, 0.6) is 5.88 Å². The molecule has 0 unspecified atom stereocenters. The second kappa shape index (κ2) is 8.04.